The molecule has 0 aliphatic carbocycles. The van der Waals surface area contributed by atoms with Gasteiger partial charge in [0.1, 0.15) is 17.7 Å². The van der Waals surface area contributed by atoms with Crippen LogP contribution in [-0.4, -0.2) is 40.5 Å². The van der Waals surface area contributed by atoms with Crippen molar-refractivity contribution in [3.8, 4) is 12.3 Å². The summed E-state index contributed by atoms with van der Waals surface area (Å²) in [5.74, 6) is 1.64. The van der Waals surface area contributed by atoms with Crippen LogP contribution in [0.4, 0.5) is 10.5 Å². The summed E-state index contributed by atoms with van der Waals surface area (Å²) in [4.78, 5) is 41.3. The maximum absolute atomic E-state index is 13.8. The van der Waals surface area contributed by atoms with Crippen molar-refractivity contribution in [1.82, 2.24) is 10.2 Å². The molecule has 2 rings (SSSR count). The van der Waals surface area contributed by atoms with Gasteiger partial charge in [0.05, 0.1) is 10.7 Å². The molecule has 192 valence electrons. The van der Waals surface area contributed by atoms with Crippen LogP contribution in [0.25, 0.3) is 0 Å². The average Bonchev–Trinajstić information content (AvgIpc) is 2.77. The molecule has 2 unspecified atom stereocenters. The van der Waals surface area contributed by atoms with E-state index in [4.69, 9.17) is 22.8 Å². The van der Waals surface area contributed by atoms with E-state index in [1.165, 1.54) is 4.90 Å². The van der Waals surface area contributed by atoms with Crippen molar-refractivity contribution < 1.29 is 19.1 Å². The summed E-state index contributed by atoms with van der Waals surface area (Å²) in [6.45, 7) is 12.1. The number of aryl methyl sites for hydroxylation is 1. The minimum absolute atomic E-state index is 0.370. The third-order valence-electron chi connectivity index (χ3n) is 5.32. The van der Waals surface area contributed by atoms with Gasteiger partial charge in [-0.1, -0.05) is 47.9 Å². The molecule has 2 aromatic rings. The Kier molecular flexibility index (Phi) is 9.55. The number of para-hydroxylation sites is 1. The quantitative estimate of drug-likeness (QED) is 0.483. The van der Waals surface area contributed by atoms with E-state index >= 15 is 0 Å². The molecule has 0 radical (unpaired) electrons. The zero-order valence-corrected chi connectivity index (χ0v) is 22.6. The third kappa shape index (κ3) is 7.25. The van der Waals surface area contributed by atoms with Crippen LogP contribution in [0.15, 0.2) is 42.5 Å². The molecule has 0 fully saturated rings. The third-order valence-corrected chi connectivity index (χ3v) is 5.64. The highest BCUT2D eigenvalue weighted by molar-refractivity contribution is 6.34. The van der Waals surface area contributed by atoms with Crippen LogP contribution in [0.5, 0.6) is 0 Å². The van der Waals surface area contributed by atoms with Gasteiger partial charge in [0.2, 0.25) is 5.91 Å². The molecule has 2 atom stereocenters. The molecule has 0 spiro atoms. The van der Waals surface area contributed by atoms with Crippen molar-refractivity contribution in [1.29, 1.82) is 0 Å². The molecular formula is C28H34ClN3O4. The monoisotopic (exact) mass is 511 g/mol. The summed E-state index contributed by atoms with van der Waals surface area (Å²) < 4.78 is 5.29. The van der Waals surface area contributed by atoms with E-state index in [2.05, 4.69) is 16.6 Å². The number of carbonyl (C=O) groups is 3. The standard InChI is InChI=1S/C28H34ClN3O4/c1-9-20-14-10-11-15-21(20)24(25(33)31-23-18(4)13-12-16-22(23)29)32(17(2)3)26(34)19(5)30-27(35)36-28(6,7)8/h1,10-17,19,24H,2-8H3,(H,30,35)(H,31,33). The highest BCUT2D eigenvalue weighted by atomic mass is 35.5. The summed E-state index contributed by atoms with van der Waals surface area (Å²) in [6, 6.07) is 9.73. The zero-order valence-electron chi connectivity index (χ0n) is 21.8. The van der Waals surface area contributed by atoms with E-state index in [9.17, 15) is 14.4 Å². The van der Waals surface area contributed by atoms with Crippen LogP contribution in [0.2, 0.25) is 5.02 Å². The minimum Gasteiger partial charge on any atom is -0.444 e. The molecule has 0 heterocycles. The van der Waals surface area contributed by atoms with Crippen LogP contribution in [-0.2, 0) is 14.3 Å². The van der Waals surface area contributed by atoms with Gasteiger partial charge in [-0.25, -0.2) is 4.79 Å². The lowest BCUT2D eigenvalue weighted by Crippen LogP contribution is -2.53. The van der Waals surface area contributed by atoms with Crippen LogP contribution in [0, 0.1) is 19.3 Å². The van der Waals surface area contributed by atoms with Crippen LogP contribution in [0.1, 0.15) is 64.3 Å². The van der Waals surface area contributed by atoms with Gasteiger partial charge in [-0.2, -0.15) is 0 Å². The van der Waals surface area contributed by atoms with Crippen molar-refractivity contribution in [2.75, 3.05) is 5.32 Å². The molecule has 2 aromatic carbocycles. The number of carbonyl (C=O) groups excluding carboxylic acids is 3. The Balaban J connectivity index is 2.53. The van der Waals surface area contributed by atoms with Gasteiger partial charge in [0, 0.05) is 11.6 Å². The van der Waals surface area contributed by atoms with Crippen molar-refractivity contribution in [2.24, 2.45) is 0 Å². The lowest BCUT2D eigenvalue weighted by atomic mass is 9.96. The number of nitrogens with one attached hydrogen (secondary N) is 2. The molecule has 0 saturated carbocycles. The van der Waals surface area contributed by atoms with Crippen LogP contribution in [0.3, 0.4) is 0 Å². The van der Waals surface area contributed by atoms with E-state index in [0.29, 0.717) is 21.8 Å². The average molecular weight is 512 g/mol. The number of ether oxygens (including phenoxy) is 1. The molecule has 0 saturated heterocycles. The second-order valence-electron chi connectivity index (χ2n) is 9.76. The fourth-order valence-corrected chi connectivity index (χ4v) is 3.98. The van der Waals surface area contributed by atoms with Gasteiger partial charge in [-0.15, -0.1) is 6.42 Å². The maximum Gasteiger partial charge on any atom is 0.408 e. The van der Waals surface area contributed by atoms with Gasteiger partial charge in [-0.3, -0.25) is 9.59 Å². The summed E-state index contributed by atoms with van der Waals surface area (Å²) in [5, 5.41) is 5.82. The Hall–Kier alpha value is -3.50. The highest BCUT2D eigenvalue weighted by Gasteiger charge is 2.37. The predicted molar refractivity (Wildman–Crippen MR) is 143 cm³/mol. The van der Waals surface area contributed by atoms with E-state index < -0.39 is 41.6 Å². The smallest absolute Gasteiger partial charge is 0.408 e. The zero-order chi connectivity index (χ0) is 27.2. The first-order valence-corrected chi connectivity index (χ1v) is 12.1. The maximum atomic E-state index is 13.8. The number of benzene rings is 2. The number of hydrogen-bond donors (Lipinski definition) is 2. The first-order chi connectivity index (χ1) is 16.8. The van der Waals surface area contributed by atoms with E-state index in [1.807, 2.05) is 13.0 Å². The second kappa shape index (κ2) is 12.0. The Labute approximate surface area is 218 Å². The normalized spacial score (nSPS) is 12.8. The van der Waals surface area contributed by atoms with Crippen molar-refractivity contribution in [3.63, 3.8) is 0 Å². The van der Waals surface area contributed by atoms with Crippen LogP contribution < -0.4 is 10.6 Å². The van der Waals surface area contributed by atoms with Gasteiger partial charge < -0.3 is 20.3 Å². The van der Waals surface area contributed by atoms with E-state index in [0.717, 1.165) is 5.56 Å². The Morgan fingerprint density at radius 2 is 1.69 bits per heavy atom. The summed E-state index contributed by atoms with van der Waals surface area (Å²) in [6.07, 6.45) is 5.01. The van der Waals surface area contributed by atoms with Crippen molar-refractivity contribution in [2.45, 2.75) is 72.2 Å². The molecule has 36 heavy (non-hydrogen) atoms. The van der Waals surface area contributed by atoms with Gasteiger partial charge in [0.25, 0.3) is 5.91 Å². The molecule has 8 heteroatoms. The number of nitrogens with zero attached hydrogens (tertiary/aromatic N) is 1. The fourth-order valence-electron chi connectivity index (χ4n) is 3.72. The van der Waals surface area contributed by atoms with Crippen LogP contribution >= 0.6 is 11.6 Å². The summed E-state index contributed by atoms with van der Waals surface area (Å²) >= 11 is 6.36. The molecule has 0 aliphatic rings. The fraction of sp³-hybridized carbons (Fsp3) is 0.393. The first kappa shape index (κ1) is 28.7. The highest BCUT2D eigenvalue weighted by Crippen LogP contribution is 2.31. The summed E-state index contributed by atoms with van der Waals surface area (Å²) in [7, 11) is 0. The Morgan fingerprint density at radius 3 is 2.25 bits per heavy atom. The Bertz CT molecular complexity index is 1140. The van der Waals surface area contributed by atoms with Gasteiger partial charge in [0.15, 0.2) is 0 Å². The van der Waals surface area contributed by atoms with Gasteiger partial charge >= 0.3 is 6.09 Å². The summed E-state index contributed by atoms with van der Waals surface area (Å²) in [5.41, 5.74) is 1.44. The Morgan fingerprint density at radius 1 is 1.06 bits per heavy atom. The van der Waals surface area contributed by atoms with Crippen molar-refractivity contribution >= 4 is 35.2 Å². The number of amides is 3. The topological polar surface area (TPSA) is 87.7 Å². The number of halogens is 1. The molecule has 3 amide bonds. The lowest BCUT2D eigenvalue weighted by molar-refractivity contribution is -0.142. The largest absolute Gasteiger partial charge is 0.444 e. The number of hydrogen-bond acceptors (Lipinski definition) is 4. The number of anilines is 1. The minimum atomic E-state index is -1.09. The molecule has 7 nitrogen and oxygen atoms in total. The van der Waals surface area contributed by atoms with Crippen molar-refractivity contribution in [3.05, 3.63) is 64.2 Å². The molecule has 2 N–H and O–H groups in total. The molecule has 0 aliphatic heterocycles. The molecular weight excluding hydrogens is 478 g/mol. The predicted octanol–water partition coefficient (Wildman–Crippen LogP) is 5.46. The SMILES string of the molecule is C#Cc1ccccc1C(C(=O)Nc1c(C)cccc1Cl)N(C(=O)C(C)NC(=O)OC(C)(C)C)C(C)C. The lowest BCUT2D eigenvalue weighted by Gasteiger charge is -2.37. The molecule has 0 aromatic heterocycles. The number of rotatable bonds is 7. The first-order valence-electron chi connectivity index (χ1n) is 11.7. The second-order valence-corrected chi connectivity index (χ2v) is 10.2. The number of terminal acetylenes is 1. The van der Waals surface area contributed by atoms with Gasteiger partial charge in [-0.05, 0) is 71.7 Å². The van der Waals surface area contributed by atoms with E-state index in [-0.39, 0.29) is 0 Å². The number of alkyl carbamates (subject to hydrolysis) is 1. The van der Waals surface area contributed by atoms with E-state index in [1.54, 1.807) is 77.9 Å². The molecule has 0 bridgehead atoms.